The van der Waals surface area contributed by atoms with E-state index in [4.69, 9.17) is 25.8 Å². The van der Waals surface area contributed by atoms with Crippen molar-refractivity contribution in [3.05, 3.63) is 108 Å². The van der Waals surface area contributed by atoms with Crippen LogP contribution in [0.4, 0.5) is 0 Å². The minimum absolute atomic E-state index is 0.103. The van der Waals surface area contributed by atoms with Gasteiger partial charge in [-0.1, -0.05) is 41.6 Å². The number of aromatic nitrogens is 3. The van der Waals surface area contributed by atoms with Crippen LogP contribution in [0.1, 0.15) is 10.4 Å². The number of hydrogen-bond donors (Lipinski definition) is 0. The molecule has 0 spiro atoms. The van der Waals surface area contributed by atoms with Gasteiger partial charge in [-0.25, -0.2) is 0 Å². The molecule has 0 saturated heterocycles. The first-order valence-electron chi connectivity index (χ1n) is 12.0. The van der Waals surface area contributed by atoms with Gasteiger partial charge in [-0.2, -0.15) is 0 Å². The predicted molar refractivity (Wildman–Crippen MR) is 153 cm³/mol. The second-order valence-corrected chi connectivity index (χ2v) is 9.71. The standard InChI is InChI=1S/C30H24ClN3O4S/c1-36-25-16-17-26(28(18-25)37-2)27(35)19-39-30-33-32-29(20-8-10-21(31)11-9-20)34(30)22-12-14-24(15-13-22)38-23-6-4-3-5-7-23/h3-18H,19H2,1-2H3. The maximum atomic E-state index is 13.1. The molecule has 39 heavy (non-hydrogen) atoms. The van der Waals surface area contributed by atoms with Crippen molar-refractivity contribution in [1.29, 1.82) is 0 Å². The molecular formula is C30H24ClN3O4S. The van der Waals surface area contributed by atoms with Crippen molar-refractivity contribution < 1.29 is 19.0 Å². The number of para-hydroxylation sites is 1. The molecule has 0 N–H and O–H groups in total. The van der Waals surface area contributed by atoms with Crippen LogP contribution in [0.5, 0.6) is 23.0 Å². The Hall–Kier alpha value is -4.27. The first kappa shape index (κ1) is 26.3. The third kappa shape index (κ3) is 6.08. The number of Topliss-reactive ketones (excluding diaryl/α,β-unsaturated/α-hetero) is 1. The zero-order chi connectivity index (χ0) is 27.2. The summed E-state index contributed by atoms with van der Waals surface area (Å²) in [6, 6.07) is 29.7. The Labute approximate surface area is 235 Å². The fourth-order valence-corrected chi connectivity index (χ4v) is 4.87. The van der Waals surface area contributed by atoms with E-state index < -0.39 is 0 Å². The van der Waals surface area contributed by atoms with Gasteiger partial charge < -0.3 is 14.2 Å². The van der Waals surface area contributed by atoms with Gasteiger partial charge in [0.05, 0.1) is 25.5 Å². The Morgan fingerprint density at radius 2 is 1.51 bits per heavy atom. The van der Waals surface area contributed by atoms with Crippen molar-refractivity contribution in [3.8, 4) is 40.1 Å². The van der Waals surface area contributed by atoms with E-state index >= 15 is 0 Å². The number of hydrogen-bond acceptors (Lipinski definition) is 7. The number of halogens is 1. The molecule has 0 atom stereocenters. The van der Waals surface area contributed by atoms with Gasteiger partial charge in [0.15, 0.2) is 16.8 Å². The van der Waals surface area contributed by atoms with Crippen LogP contribution in [-0.2, 0) is 0 Å². The van der Waals surface area contributed by atoms with E-state index in [1.807, 2.05) is 71.3 Å². The first-order valence-corrected chi connectivity index (χ1v) is 13.3. The summed E-state index contributed by atoms with van der Waals surface area (Å²) in [5, 5.41) is 10.1. The van der Waals surface area contributed by atoms with Gasteiger partial charge in [-0.05, 0) is 72.8 Å². The number of rotatable bonds is 10. The van der Waals surface area contributed by atoms with Crippen molar-refractivity contribution in [1.82, 2.24) is 14.8 Å². The largest absolute Gasteiger partial charge is 0.497 e. The molecule has 5 rings (SSSR count). The fourth-order valence-electron chi connectivity index (χ4n) is 3.91. The predicted octanol–water partition coefficient (Wildman–Crippen LogP) is 7.37. The second-order valence-electron chi connectivity index (χ2n) is 8.34. The van der Waals surface area contributed by atoms with E-state index in [1.54, 1.807) is 37.4 Å². The molecule has 0 saturated carbocycles. The van der Waals surface area contributed by atoms with Crippen LogP contribution >= 0.6 is 23.4 Å². The summed E-state index contributed by atoms with van der Waals surface area (Å²) in [4.78, 5) is 13.1. The third-order valence-corrected chi connectivity index (χ3v) is 7.03. The lowest BCUT2D eigenvalue weighted by Gasteiger charge is -2.12. The number of nitrogens with zero attached hydrogens (tertiary/aromatic N) is 3. The van der Waals surface area contributed by atoms with E-state index in [-0.39, 0.29) is 11.5 Å². The summed E-state index contributed by atoms with van der Waals surface area (Å²) in [5.74, 6) is 3.17. The number of ketones is 1. The molecule has 1 heterocycles. The number of ether oxygens (including phenoxy) is 3. The van der Waals surface area contributed by atoms with E-state index in [1.165, 1.54) is 18.9 Å². The number of thioether (sulfide) groups is 1. The van der Waals surface area contributed by atoms with Crippen LogP contribution in [0.25, 0.3) is 17.1 Å². The molecule has 0 amide bonds. The fraction of sp³-hybridized carbons (Fsp3) is 0.100. The monoisotopic (exact) mass is 557 g/mol. The summed E-state index contributed by atoms with van der Waals surface area (Å²) in [5.41, 5.74) is 2.13. The van der Waals surface area contributed by atoms with E-state index in [2.05, 4.69) is 10.2 Å². The van der Waals surface area contributed by atoms with Crippen LogP contribution in [0.3, 0.4) is 0 Å². The molecule has 5 aromatic rings. The van der Waals surface area contributed by atoms with Gasteiger partial charge in [-0.15, -0.1) is 10.2 Å². The van der Waals surface area contributed by atoms with Crippen LogP contribution in [0.15, 0.2) is 102 Å². The Morgan fingerprint density at radius 1 is 0.821 bits per heavy atom. The first-order chi connectivity index (χ1) is 19.1. The molecule has 0 unspecified atom stereocenters. The molecule has 0 radical (unpaired) electrons. The highest BCUT2D eigenvalue weighted by Crippen LogP contribution is 2.32. The zero-order valence-electron chi connectivity index (χ0n) is 21.2. The Bertz CT molecular complexity index is 1570. The summed E-state index contributed by atoms with van der Waals surface area (Å²) >= 11 is 7.41. The van der Waals surface area contributed by atoms with Gasteiger partial charge in [0, 0.05) is 22.3 Å². The number of carbonyl (C=O) groups is 1. The zero-order valence-corrected chi connectivity index (χ0v) is 22.8. The van der Waals surface area contributed by atoms with Crippen molar-refractivity contribution in [2.45, 2.75) is 5.16 Å². The lowest BCUT2D eigenvalue weighted by atomic mass is 10.1. The second kappa shape index (κ2) is 12.1. The summed E-state index contributed by atoms with van der Waals surface area (Å²) in [7, 11) is 3.09. The van der Waals surface area contributed by atoms with Crippen molar-refractivity contribution >= 4 is 29.1 Å². The van der Waals surface area contributed by atoms with Gasteiger partial charge >= 0.3 is 0 Å². The number of carbonyl (C=O) groups excluding carboxylic acids is 1. The quantitative estimate of drug-likeness (QED) is 0.131. The average Bonchev–Trinajstić information content (AvgIpc) is 3.40. The molecule has 4 aromatic carbocycles. The molecule has 0 aliphatic heterocycles. The molecule has 0 aliphatic rings. The van der Waals surface area contributed by atoms with Crippen LogP contribution < -0.4 is 14.2 Å². The lowest BCUT2D eigenvalue weighted by Crippen LogP contribution is -2.07. The van der Waals surface area contributed by atoms with Gasteiger partial charge in [0.2, 0.25) is 0 Å². The Balaban J connectivity index is 1.44. The summed E-state index contributed by atoms with van der Waals surface area (Å²) < 4.78 is 18.5. The molecule has 7 nitrogen and oxygen atoms in total. The van der Waals surface area contributed by atoms with Crippen molar-refractivity contribution in [2.75, 3.05) is 20.0 Å². The molecule has 9 heteroatoms. The highest BCUT2D eigenvalue weighted by molar-refractivity contribution is 7.99. The normalized spacial score (nSPS) is 10.7. The van der Waals surface area contributed by atoms with Crippen LogP contribution in [-0.4, -0.2) is 40.5 Å². The maximum Gasteiger partial charge on any atom is 0.196 e. The van der Waals surface area contributed by atoms with Crippen LogP contribution in [0, 0.1) is 0 Å². The van der Waals surface area contributed by atoms with Gasteiger partial charge in [0.25, 0.3) is 0 Å². The van der Waals surface area contributed by atoms with Crippen LogP contribution in [0.2, 0.25) is 5.02 Å². The molecule has 0 aliphatic carbocycles. The number of methoxy groups -OCH3 is 2. The molecule has 196 valence electrons. The Kier molecular flexibility index (Phi) is 8.15. The van der Waals surface area contributed by atoms with E-state index in [9.17, 15) is 4.79 Å². The minimum atomic E-state index is -0.103. The molecular weight excluding hydrogens is 534 g/mol. The molecule has 0 bridgehead atoms. The van der Waals surface area contributed by atoms with Gasteiger partial charge in [0.1, 0.15) is 23.0 Å². The highest BCUT2D eigenvalue weighted by atomic mass is 35.5. The minimum Gasteiger partial charge on any atom is -0.497 e. The summed E-state index contributed by atoms with van der Waals surface area (Å²) in [6.07, 6.45) is 0. The van der Waals surface area contributed by atoms with Crippen molar-refractivity contribution in [2.24, 2.45) is 0 Å². The van der Waals surface area contributed by atoms with Gasteiger partial charge in [-0.3, -0.25) is 9.36 Å². The molecule has 0 fully saturated rings. The SMILES string of the molecule is COc1ccc(C(=O)CSc2nnc(-c3ccc(Cl)cc3)n2-c2ccc(Oc3ccccc3)cc2)c(OC)c1. The molecule has 1 aromatic heterocycles. The third-order valence-electron chi connectivity index (χ3n) is 5.85. The number of benzene rings is 4. The van der Waals surface area contributed by atoms with Crippen molar-refractivity contribution in [3.63, 3.8) is 0 Å². The lowest BCUT2D eigenvalue weighted by molar-refractivity contribution is 0.101. The topological polar surface area (TPSA) is 75.5 Å². The highest BCUT2D eigenvalue weighted by Gasteiger charge is 2.20. The Morgan fingerprint density at radius 3 is 2.21 bits per heavy atom. The summed E-state index contributed by atoms with van der Waals surface area (Å²) in [6.45, 7) is 0. The van der Waals surface area contributed by atoms with E-state index in [0.29, 0.717) is 38.8 Å². The van der Waals surface area contributed by atoms with E-state index in [0.717, 1.165) is 17.0 Å². The average molecular weight is 558 g/mol. The smallest absolute Gasteiger partial charge is 0.196 e. The maximum absolute atomic E-state index is 13.1.